The van der Waals surface area contributed by atoms with Gasteiger partial charge in [0.15, 0.2) is 0 Å². The van der Waals surface area contributed by atoms with Crippen molar-refractivity contribution in [2.75, 3.05) is 0 Å². The van der Waals surface area contributed by atoms with Gasteiger partial charge in [-0.3, -0.25) is 0 Å². The van der Waals surface area contributed by atoms with Gasteiger partial charge in [-0.1, -0.05) is 0 Å². The van der Waals surface area contributed by atoms with Crippen molar-refractivity contribution in [3.05, 3.63) is 0 Å². The van der Waals surface area contributed by atoms with Gasteiger partial charge in [-0.15, -0.1) is 0 Å². The van der Waals surface area contributed by atoms with Crippen LogP contribution in [0.1, 0.15) is 20.3 Å². The van der Waals surface area contributed by atoms with Crippen LogP contribution in [0.15, 0.2) is 4.99 Å². The molecule has 2 N–H and O–H groups in total. The topological polar surface area (TPSA) is 38.4 Å². The predicted octanol–water partition coefficient (Wildman–Crippen LogP) is 0.606. The monoisotopic (exact) mass is 192 g/mol. The summed E-state index contributed by atoms with van der Waals surface area (Å²) in [7, 11) is 0. The molecule has 0 aromatic carbocycles. The van der Waals surface area contributed by atoms with Crippen LogP contribution in [0, 0.1) is 0 Å². The summed E-state index contributed by atoms with van der Waals surface area (Å²) in [4.78, 5) is 5.05. The van der Waals surface area contributed by atoms with E-state index in [0.717, 1.165) is 16.0 Å². The molecule has 1 aliphatic heterocycles. The minimum atomic E-state index is 0.487. The molecule has 1 rings (SSSR count). The maximum absolute atomic E-state index is 5.57. The first-order chi connectivity index (χ1) is 4.24. The first kappa shape index (κ1) is 7.10. The van der Waals surface area contributed by atoms with Crippen LogP contribution >= 0.6 is 0 Å². The third-order valence-electron chi connectivity index (χ3n) is 1.56. The molecule has 0 bridgehead atoms. The third-order valence-corrected chi connectivity index (χ3v) is 3.73. The number of nitrogens with zero attached hydrogens (tertiary/aromatic N) is 1. The molecule has 2 unspecified atom stereocenters. The van der Waals surface area contributed by atoms with Crippen LogP contribution in [0.4, 0.5) is 0 Å². The Morgan fingerprint density at radius 1 is 1.78 bits per heavy atom. The zero-order chi connectivity index (χ0) is 6.85. The first-order valence-corrected chi connectivity index (χ1v) is 5.08. The quantitative estimate of drug-likeness (QED) is 0.606. The Balaban J connectivity index is 2.53. The van der Waals surface area contributed by atoms with Crippen molar-refractivity contribution < 1.29 is 0 Å². The summed E-state index contributed by atoms with van der Waals surface area (Å²) >= 11 is 0.487. The molecule has 9 heavy (non-hydrogen) atoms. The Kier molecular flexibility index (Phi) is 2.14. The van der Waals surface area contributed by atoms with Crippen LogP contribution in [0.25, 0.3) is 0 Å². The fraction of sp³-hybridized carbons (Fsp3) is 0.833. The van der Waals surface area contributed by atoms with Crippen molar-refractivity contribution in [3.8, 4) is 0 Å². The van der Waals surface area contributed by atoms with Gasteiger partial charge in [-0.05, 0) is 0 Å². The zero-order valence-corrected chi connectivity index (χ0v) is 7.51. The molecule has 1 heterocycles. The minimum absolute atomic E-state index is 0.487. The average molecular weight is 191 g/mol. The Morgan fingerprint density at radius 2 is 2.44 bits per heavy atom. The summed E-state index contributed by atoms with van der Waals surface area (Å²) in [5.41, 5.74) is 5.57. The van der Waals surface area contributed by atoms with E-state index in [2.05, 4.69) is 18.8 Å². The Labute approximate surface area is 62.1 Å². The Hall–Kier alpha value is -0.0105. The molecule has 0 aromatic heterocycles. The zero-order valence-electron chi connectivity index (χ0n) is 5.79. The van der Waals surface area contributed by atoms with E-state index in [1.54, 1.807) is 0 Å². The van der Waals surface area contributed by atoms with Crippen LogP contribution < -0.4 is 5.73 Å². The van der Waals surface area contributed by atoms with Gasteiger partial charge in [0.1, 0.15) is 0 Å². The molecule has 0 aliphatic carbocycles. The van der Waals surface area contributed by atoms with Gasteiger partial charge in [0, 0.05) is 0 Å². The molecular formula is C6H12N2Se. The van der Waals surface area contributed by atoms with Gasteiger partial charge in [-0.25, -0.2) is 0 Å². The SMILES string of the molecule is CCC1N=C(N)[Se]C1C. The van der Waals surface area contributed by atoms with Crippen molar-refractivity contribution in [2.45, 2.75) is 31.1 Å². The molecule has 0 amide bonds. The Morgan fingerprint density at radius 3 is 2.67 bits per heavy atom. The number of rotatable bonds is 1. The fourth-order valence-corrected chi connectivity index (χ4v) is 3.06. The van der Waals surface area contributed by atoms with Gasteiger partial charge >= 0.3 is 61.5 Å². The average Bonchev–Trinajstić information content (AvgIpc) is 2.10. The Bertz CT molecular complexity index is 133. The van der Waals surface area contributed by atoms with E-state index in [0.29, 0.717) is 21.0 Å². The summed E-state index contributed by atoms with van der Waals surface area (Å²) in [5, 5.41) is 0. The fourth-order valence-electron chi connectivity index (χ4n) is 0.991. The van der Waals surface area contributed by atoms with Crippen molar-refractivity contribution in [2.24, 2.45) is 10.7 Å². The van der Waals surface area contributed by atoms with Gasteiger partial charge < -0.3 is 0 Å². The van der Waals surface area contributed by atoms with E-state index < -0.39 is 0 Å². The molecule has 3 heteroatoms. The van der Waals surface area contributed by atoms with Crippen molar-refractivity contribution >= 4 is 19.7 Å². The van der Waals surface area contributed by atoms with Crippen LogP contribution in [0.3, 0.4) is 0 Å². The molecule has 0 saturated heterocycles. The van der Waals surface area contributed by atoms with Gasteiger partial charge in [0.2, 0.25) is 0 Å². The molecule has 0 spiro atoms. The second-order valence-corrected chi connectivity index (χ2v) is 5.20. The second-order valence-electron chi connectivity index (χ2n) is 2.27. The second kappa shape index (κ2) is 2.72. The van der Waals surface area contributed by atoms with Crippen LogP contribution in [0.5, 0.6) is 0 Å². The number of amidine groups is 1. The molecular weight excluding hydrogens is 179 g/mol. The van der Waals surface area contributed by atoms with E-state index in [9.17, 15) is 0 Å². The molecule has 0 fully saturated rings. The van der Waals surface area contributed by atoms with Crippen LogP contribution in [-0.4, -0.2) is 25.7 Å². The number of hydrogen-bond acceptors (Lipinski definition) is 2. The maximum atomic E-state index is 5.57. The molecule has 0 radical (unpaired) electrons. The van der Waals surface area contributed by atoms with E-state index in [1.807, 2.05) is 0 Å². The van der Waals surface area contributed by atoms with E-state index in [1.165, 1.54) is 0 Å². The number of aliphatic imine (C=N–C) groups is 1. The third kappa shape index (κ3) is 1.46. The van der Waals surface area contributed by atoms with E-state index in [-0.39, 0.29) is 0 Å². The van der Waals surface area contributed by atoms with E-state index >= 15 is 0 Å². The molecule has 0 saturated carbocycles. The molecule has 2 nitrogen and oxygen atoms in total. The predicted molar refractivity (Wildman–Crippen MR) is 40.9 cm³/mol. The van der Waals surface area contributed by atoms with Crippen molar-refractivity contribution in [1.29, 1.82) is 0 Å². The van der Waals surface area contributed by atoms with Crippen molar-refractivity contribution in [3.63, 3.8) is 0 Å². The molecule has 52 valence electrons. The van der Waals surface area contributed by atoms with Crippen LogP contribution in [-0.2, 0) is 0 Å². The first-order valence-electron chi connectivity index (χ1n) is 3.24. The summed E-state index contributed by atoms with van der Waals surface area (Å²) in [6.07, 6.45) is 1.14. The number of hydrogen-bond donors (Lipinski definition) is 1. The van der Waals surface area contributed by atoms with Crippen molar-refractivity contribution in [1.82, 2.24) is 0 Å². The van der Waals surface area contributed by atoms with Gasteiger partial charge in [-0.2, -0.15) is 0 Å². The number of nitrogens with two attached hydrogens (primary N) is 1. The van der Waals surface area contributed by atoms with Crippen LogP contribution in [0.2, 0.25) is 4.82 Å². The summed E-state index contributed by atoms with van der Waals surface area (Å²) in [5.74, 6) is 0. The molecule has 0 aromatic rings. The summed E-state index contributed by atoms with van der Waals surface area (Å²) in [6, 6.07) is 0.532. The van der Waals surface area contributed by atoms with E-state index in [4.69, 9.17) is 5.73 Å². The summed E-state index contributed by atoms with van der Waals surface area (Å²) < 4.78 is 0.904. The van der Waals surface area contributed by atoms with Gasteiger partial charge in [0.05, 0.1) is 0 Å². The standard InChI is InChI=1S/C6H12N2Se/c1-3-5-4(2)9-6(7)8-5/h4-5H,3H2,1-2H3,(H2,7,8). The normalized spacial score (nSPS) is 34.7. The summed E-state index contributed by atoms with van der Waals surface area (Å²) in [6.45, 7) is 4.40. The molecule has 1 aliphatic rings. The molecule has 2 atom stereocenters. The van der Waals surface area contributed by atoms with Gasteiger partial charge in [0.25, 0.3) is 0 Å².